The largest absolute Gasteiger partial charge is 0.451 e. The highest BCUT2D eigenvalue weighted by Crippen LogP contribution is 2.28. The van der Waals surface area contributed by atoms with Gasteiger partial charge >= 0.3 is 6.18 Å². The lowest BCUT2D eigenvalue weighted by atomic mass is 10.1. The normalized spacial score (nSPS) is 19.2. The summed E-state index contributed by atoms with van der Waals surface area (Å²) >= 11 is 0. The molecule has 21 heavy (non-hydrogen) atoms. The molecule has 0 atom stereocenters. The van der Waals surface area contributed by atoms with Crippen LogP contribution in [0, 0.1) is 0 Å². The summed E-state index contributed by atoms with van der Waals surface area (Å²) in [5, 5.41) is 2.79. The van der Waals surface area contributed by atoms with Crippen LogP contribution in [-0.2, 0) is 16.0 Å². The van der Waals surface area contributed by atoms with Crippen molar-refractivity contribution in [1.29, 1.82) is 0 Å². The van der Waals surface area contributed by atoms with Crippen molar-refractivity contribution in [3.63, 3.8) is 0 Å². The van der Waals surface area contributed by atoms with E-state index in [0.29, 0.717) is 12.8 Å². The van der Waals surface area contributed by atoms with E-state index in [1.54, 1.807) is 0 Å². The first-order valence-electron chi connectivity index (χ1n) is 6.09. The van der Waals surface area contributed by atoms with Gasteiger partial charge in [-0.2, -0.15) is 13.2 Å². The number of hydrogen-bond acceptors (Lipinski definition) is 7. The molecule has 1 aliphatic rings. The van der Waals surface area contributed by atoms with Crippen LogP contribution >= 0.6 is 0 Å². The number of aromatic nitrogens is 2. The summed E-state index contributed by atoms with van der Waals surface area (Å²) in [6, 6.07) is 0.980. The molecule has 0 unspecified atom stereocenters. The van der Waals surface area contributed by atoms with Crippen LogP contribution in [0.3, 0.4) is 0 Å². The van der Waals surface area contributed by atoms with Gasteiger partial charge in [-0.05, 0) is 12.8 Å². The standard InChI is InChI=1S/C10H14F3N5O2S/c11-10(12,13)9-16-7(5-8(17-9)18-14)15-6-1-3-21(19,20)4-2-6/h5-6H,1-4,14H2,(H2,15,16,17,18). The summed E-state index contributed by atoms with van der Waals surface area (Å²) in [6.45, 7) is 0. The highest BCUT2D eigenvalue weighted by molar-refractivity contribution is 7.91. The van der Waals surface area contributed by atoms with E-state index in [2.05, 4.69) is 15.3 Å². The van der Waals surface area contributed by atoms with Crippen LogP contribution in [0.1, 0.15) is 18.7 Å². The second-order valence-electron chi connectivity index (χ2n) is 4.67. The number of nitrogens with two attached hydrogens (primary N) is 1. The van der Waals surface area contributed by atoms with Crippen molar-refractivity contribution in [1.82, 2.24) is 9.97 Å². The third-order valence-electron chi connectivity index (χ3n) is 3.03. The molecule has 0 amide bonds. The van der Waals surface area contributed by atoms with E-state index in [4.69, 9.17) is 5.84 Å². The summed E-state index contributed by atoms with van der Waals surface area (Å²) in [5.74, 6) is 3.55. The molecule has 1 aromatic heterocycles. The molecule has 1 saturated heterocycles. The van der Waals surface area contributed by atoms with Crippen molar-refractivity contribution >= 4 is 21.5 Å². The number of sulfone groups is 1. The highest BCUT2D eigenvalue weighted by Gasteiger charge is 2.35. The molecule has 118 valence electrons. The molecule has 2 rings (SSSR count). The fourth-order valence-electron chi connectivity index (χ4n) is 1.97. The van der Waals surface area contributed by atoms with Gasteiger partial charge in [0.05, 0.1) is 11.5 Å². The molecule has 1 aromatic rings. The van der Waals surface area contributed by atoms with Crippen molar-refractivity contribution < 1.29 is 21.6 Å². The van der Waals surface area contributed by atoms with Crippen LogP contribution in [-0.4, -0.2) is 35.9 Å². The Bertz CT molecular complexity index is 606. The predicted molar refractivity (Wildman–Crippen MR) is 70.1 cm³/mol. The fraction of sp³-hybridized carbons (Fsp3) is 0.600. The number of nitrogen functional groups attached to an aromatic ring is 1. The third kappa shape index (κ3) is 4.17. The van der Waals surface area contributed by atoms with Crippen molar-refractivity contribution in [3.05, 3.63) is 11.9 Å². The van der Waals surface area contributed by atoms with Crippen molar-refractivity contribution in [2.24, 2.45) is 5.84 Å². The van der Waals surface area contributed by atoms with E-state index in [9.17, 15) is 21.6 Å². The summed E-state index contributed by atoms with van der Waals surface area (Å²) in [7, 11) is -3.04. The maximum Gasteiger partial charge on any atom is 0.451 e. The molecule has 0 bridgehead atoms. The second kappa shape index (κ2) is 5.64. The molecule has 1 fully saturated rings. The zero-order valence-electron chi connectivity index (χ0n) is 10.8. The first kappa shape index (κ1) is 15.8. The van der Waals surface area contributed by atoms with Crippen molar-refractivity contribution in [3.8, 4) is 0 Å². The van der Waals surface area contributed by atoms with E-state index in [1.165, 1.54) is 6.07 Å². The number of alkyl halides is 3. The molecule has 0 aromatic carbocycles. The van der Waals surface area contributed by atoms with Gasteiger partial charge in [0, 0.05) is 12.1 Å². The Morgan fingerprint density at radius 2 is 1.76 bits per heavy atom. The molecule has 11 heteroatoms. The highest BCUT2D eigenvalue weighted by atomic mass is 32.2. The van der Waals surface area contributed by atoms with Gasteiger partial charge < -0.3 is 10.7 Å². The minimum Gasteiger partial charge on any atom is -0.367 e. The number of halogens is 3. The average molecular weight is 325 g/mol. The summed E-state index contributed by atoms with van der Waals surface area (Å²) in [4.78, 5) is 6.62. The topological polar surface area (TPSA) is 110 Å². The van der Waals surface area contributed by atoms with Gasteiger partial charge in [0.15, 0.2) is 0 Å². The summed E-state index contributed by atoms with van der Waals surface area (Å²) < 4.78 is 60.6. The fourth-order valence-corrected chi connectivity index (χ4v) is 3.46. The Balaban J connectivity index is 2.16. The predicted octanol–water partition coefficient (Wildman–Crippen LogP) is 0.770. The quantitative estimate of drug-likeness (QED) is 0.556. The number of hydrazine groups is 1. The Morgan fingerprint density at radius 3 is 2.29 bits per heavy atom. The third-order valence-corrected chi connectivity index (χ3v) is 4.75. The number of nitrogens with one attached hydrogen (secondary N) is 2. The van der Waals surface area contributed by atoms with Crippen molar-refractivity contribution in [2.75, 3.05) is 22.2 Å². The number of anilines is 2. The molecule has 7 nitrogen and oxygen atoms in total. The van der Waals surface area contributed by atoms with Crippen LogP contribution in [0.2, 0.25) is 0 Å². The molecule has 0 spiro atoms. The van der Waals surface area contributed by atoms with E-state index < -0.39 is 21.8 Å². The summed E-state index contributed by atoms with van der Waals surface area (Å²) in [5.41, 5.74) is 2.04. The molecule has 1 aliphatic heterocycles. The van der Waals surface area contributed by atoms with E-state index in [1.807, 2.05) is 5.43 Å². The lowest BCUT2D eigenvalue weighted by Gasteiger charge is -2.24. The zero-order valence-corrected chi connectivity index (χ0v) is 11.6. The second-order valence-corrected chi connectivity index (χ2v) is 6.98. The van der Waals surface area contributed by atoms with Gasteiger partial charge in [-0.1, -0.05) is 0 Å². The van der Waals surface area contributed by atoms with Gasteiger partial charge in [-0.25, -0.2) is 24.2 Å². The number of hydrogen-bond donors (Lipinski definition) is 3. The monoisotopic (exact) mass is 325 g/mol. The van der Waals surface area contributed by atoms with Crippen molar-refractivity contribution in [2.45, 2.75) is 25.1 Å². The molecule has 2 heterocycles. The van der Waals surface area contributed by atoms with Gasteiger partial charge in [-0.3, -0.25) is 0 Å². The van der Waals surface area contributed by atoms with E-state index in [-0.39, 0.29) is 29.2 Å². The van der Waals surface area contributed by atoms with Gasteiger partial charge in [-0.15, -0.1) is 0 Å². The average Bonchev–Trinajstić information content (AvgIpc) is 2.40. The Kier molecular flexibility index (Phi) is 4.23. The SMILES string of the molecule is NNc1cc(NC2CCS(=O)(=O)CC2)nc(C(F)(F)F)n1. The van der Waals surface area contributed by atoms with Gasteiger partial charge in [0.25, 0.3) is 0 Å². The first-order valence-corrected chi connectivity index (χ1v) is 7.91. The van der Waals surface area contributed by atoms with Crippen LogP contribution in [0.25, 0.3) is 0 Å². The van der Waals surface area contributed by atoms with Gasteiger partial charge in [0.1, 0.15) is 21.5 Å². The Labute approximate surface area is 119 Å². The lowest BCUT2D eigenvalue weighted by Crippen LogP contribution is -2.32. The lowest BCUT2D eigenvalue weighted by molar-refractivity contribution is -0.144. The molecule has 0 aliphatic carbocycles. The Hall–Kier alpha value is -1.62. The number of nitrogens with zero attached hydrogens (tertiary/aromatic N) is 2. The molecule has 0 radical (unpaired) electrons. The maximum atomic E-state index is 12.7. The van der Waals surface area contributed by atoms with Crippen LogP contribution in [0.15, 0.2) is 6.07 Å². The molecule has 0 saturated carbocycles. The van der Waals surface area contributed by atoms with Crippen LogP contribution in [0.4, 0.5) is 24.8 Å². The minimum atomic E-state index is -4.70. The number of rotatable bonds is 3. The van der Waals surface area contributed by atoms with Crippen LogP contribution < -0.4 is 16.6 Å². The van der Waals surface area contributed by atoms with Gasteiger partial charge in [0.2, 0.25) is 5.82 Å². The van der Waals surface area contributed by atoms with E-state index in [0.717, 1.165) is 0 Å². The summed E-state index contributed by atoms with van der Waals surface area (Å²) in [6.07, 6.45) is -4.06. The molecular weight excluding hydrogens is 311 g/mol. The van der Waals surface area contributed by atoms with Crippen LogP contribution in [0.5, 0.6) is 0 Å². The maximum absolute atomic E-state index is 12.7. The minimum absolute atomic E-state index is 0.00384. The first-order chi connectivity index (χ1) is 9.69. The van der Waals surface area contributed by atoms with E-state index >= 15 is 0 Å². The molecular formula is C10H14F3N5O2S. The molecule has 4 N–H and O–H groups in total. The smallest absolute Gasteiger partial charge is 0.367 e. The zero-order chi connectivity index (χ0) is 15.7. The Morgan fingerprint density at radius 1 is 1.19 bits per heavy atom.